The van der Waals surface area contributed by atoms with Gasteiger partial charge in [-0.15, -0.1) is 5.10 Å². The second-order valence-corrected chi connectivity index (χ2v) is 4.27. The summed E-state index contributed by atoms with van der Waals surface area (Å²) in [6, 6.07) is 8.07. The van der Waals surface area contributed by atoms with Crippen LogP contribution >= 0.6 is 0 Å². The van der Waals surface area contributed by atoms with Crippen LogP contribution < -0.4 is 10.1 Å². The first kappa shape index (κ1) is 13.5. The third-order valence-corrected chi connectivity index (χ3v) is 2.97. The normalized spacial score (nSPS) is 12.4. The summed E-state index contributed by atoms with van der Waals surface area (Å²) in [6.45, 7) is 3.43. The van der Waals surface area contributed by atoms with Crippen molar-refractivity contribution < 1.29 is 4.74 Å². The Labute approximate surface area is 112 Å². The molecule has 1 aromatic heterocycles. The summed E-state index contributed by atoms with van der Waals surface area (Å²) in [5.41, 5.74) is 1.16. The molecule has 1 heterocycles. The Morgan fingerprint density at radius 1 is 1.32 bits per heavy atom. The van der Waals surface area contributed by atoms with E-state index >= 15 is 0 Å². The molecule has 1 N–H and O–H groups in total. The maximum Gasteiger partial charge on any atom is 0.159 e. The standard InChI is InChI=1S/C13H19N5O/c1-4-19-11-7-5-10(6-8-11)12(9-14-2)13-15-16-17-18(13)3/h5-8,12,14H,4,9H2,1-3H3. The Morgan fingerprint density at radius 3 is 2.58 bits per heavy atom. The molecule has 2 rings (SSSR count). The molecule has 0 aliphatic rings. The lowest BCUT2D eigenvalue weighted by atomic mass is 9.98. The van der Waals surface area contributed by atoms with Crippen LogP contribution in [-0.2, 0) is 7.05 Å². The first-order valence-corrected chi connectivity index (χ1v) is 6.35. The van der Waals surface area contributed by atoms with E-state index < -0.39 is 0 Å². The van der Waals surface area contributed by atoms with E-state index in [-0.39, 0.29) is 5.92 Å². The summed E-state index contributed by atoms with van der Waals surface area (Å²) in [5, 5.41) is 14.9. The molecule has 0 saturated heterocycles. The average molecular weight is 261 g/mol. The predicted molar refractivity (Wildman–Crippen MR) is 72.2 cm³/mol. The van der Waals surface area contributed by atoms with Crippen LogP contribution in [0.3, 0.4) is 0 Å². The fraction of sp³-hybridized carbons (Fsp3) is 0.462. The number of aromatic nitrogens is 4. The molecule has 0 aliphatic carbocycles. The van der Waals surface area contributed by atoms with Crippen LogP contribution in [0.2, 0.25) is 0 Å². The summed E-state index contributed by atoms with van der Waals surface area (Å²) < 4.78 is 7.16. The van der Waals surface area contributed by atoms with Crippen molar-refractivity contribution in [2.24, 2.45) is 7.05 Å². The van der Waals surface area contributed by atoms with Crippen molar-refractivity contribution in [2.45, 2.75) is 12.8 Å². The number of nitrogens with zero attached hydrogens (tertiary/aromatic N) is 4. The molecular formula is C13H19N5O. The maximum absolute atomic E-state index is 5.45. The van der Waals surface area contributed by atoms with E-state index in [4.69, 9.17) is 4.74 Å². The van der Waals surface area contributed by atoms with Gasteiger partial charge in [-0.25, -0.2) is 4.68 Å². The molecule has 1 atom stereocenters. The van der Waals surface area contributed by atoms with Crippen LogP contribution in [-0.4, -0.2) is 40.4 Å². The molecule has 2 aromatic rings. The molecule has 0 saturated carbocycles. The first-order valence-electron chi connectivity index (χ1n) is 6.35. The number of rotatable bonds is 6. The largest absolute Gasteiger partial charge is 0.494 e. The van der Waals surface area contributed by atoms with Gasteiger partial charge in [0.15, 0.2) is 5.82 Å². The van der Waals surface area contributed by atoms with Crippen molar-refractivity contribution in [1.29, 1.82) is 0 Å². The molecular weight excluding hydrogens is 242 g/mol. The third-order valence-electron chi connectivity index (χ3n) is 2.97. The molecule has 1 unspecified atom stereocenters. The Kier molecular flexibility index (Phi) is 4.46. The number of hydrogen-bond acceptors (Lipinski definition) is 5. The SMILES string of the molecule is CCOc1ccc(C(CNC)c2nnnn2C)cc1. The van der Waals surface area contributed by atoms with Gasteiger partial charge in [0.2, 0.25) is 0 Å². The molecule has 0 fully saturated rings. The first-order chi connectivity index (χ1) is 9.26. The summed E-state index contributed by atoms with van der Waals surface area (Å²) in [4.78, 5) is 0. The highest BCUT2D eigenvalue weighted by Gasteiger charge is 2.19. The number of benzene rings is 1. The molecule has 6 heteroatoms. The van der Waals surface area contributed by atoms with Gasteiger partial charge in [-0.05, 0) is 42.1 Å². The van der Waals surface area contributed by atoms with Gasteiger partial charge in [0.25, 0.3) is 0 Å². The minimum Gasteiger partial charge on any atom is -0.494 e. The third kappa shape index (κ3) is 3.08. The summed E-state index contributed by atoms with van der Waals surface area (Å²) in [6.07, 6.45) is 0. The molecule has 0 bridgehead atoms. The zero-order valence-electron chi connectivity index (χ0n) is 11.5. The lowest BCUT2D eigenvalue weighted by Crippen LogP contribution is -2.21. The van der Waals surface area contributed by atoms with Crippen LogP contribution in [0.15, 0.2) is 24.3 Å². The van der Waals surface area contributed by atoms with E-state index in [2.05, 4.69) is 33.0 Å². The van der Waals surface area contributed by atoms with Crippen molar-refractivity contribution >= 4 is 0 Å². The number of nitrogens with one attached hydrogen (secondary N) is 1. The summed E-state index contributed by atoms with van der Waals surface area (Å²) in [5.74, 6) is 1.85. The van der Waals surface area contributed by atoms with E-state index in [0.29, 0.717) is 6.61 Å². The van der Waals surface area contributed by atoms with Crippen LogP contribution in [0.5, 0.6) is 5.75 Å². The van der Waals surface area contributed by atoms with Gasteiger partial charge in [-0.2, -0.15) is 0 Å². The van der Waals surface area contributed by atoms with Gasteiger partial charge in [0.1, 0.15) is 5.75 Å². The minimum atomic E-state index is 0.126. The number of aryl methyl sites for hydroxylation is 1. The summed E-state index contributed by atoms with van der Waals surface area (Å²) in [7, 11) is 3.78. The topological polar surface area (TPSA) is 64.9 Å². The van der Waals surface area contributed by atoms with Crippen molar-refractivity contribution in [2.75, 3.05) is 20.2 Å². The van der Waals surface area contributed by atoms with Crippen molar-refractivity contribution in [3.63, 3.8) is 0 Å². The number of likely N-dealkylation sites (N-methyl/N-ethyl adjacent to an activating group) is 1. The molecule has 6 nitrogen and oxygen atoms in total. The highest BCUT2D eigenvalue weighted by atomic mass is 16.5. The highest BCUT2D eigenvalue weighted by Crippen LogP contribution is 2.23. The van der Waals surface area contributed by atoms with Gasteiger partial charge in [0.05, 0.1) is 12.5 Å². The van der Waals surface area contributed by atoms with E-state index in [1.807, 2.05) is 33.2 Å². The van der Waals surface area contributed by atoms with Crippen LogP contribution in [0.1, 0.15) is 24.2 Å². The minimum absolute atomic E-state index is 0.126. The quantitative estimate of drug-likeness (QED) is 0.839. The van der Waals surface area contributed by atoms with E-state index in [9.17, 15) is 0 Å². The number of ether oxygens (including phenoxy) is 1. The zero-order chi connectivity index (χ0) is 13.7. The fourth-order valence-electron chi connectivity index (χ4n) is 2.06. The van der Waals surface area contributed by atoms with Gasteiger partial charge in [0, 0.05) is 13.6 Å². The van der Waals surface area contributed by atoms with Crippen LogP contribution in [0, 0.1) is 0 Å². The Bertz CT molecular complexity index is 508. The second-order valence-electron chi connectivity index (χ2n) is 4.27. The van der Waals surface area contributed by atoms with Crippen LogP contribution in [0.25, 0.3) is 0 Å². The van der Waals surface area contributed by atoms with Crippen LogP contribution in [0.4, 0.5) is 0 Å². The van der Waals surface area contributed by atoms with E-state index in [1.54, 1.807) is 4.68 Å². The molecule has 0 radical (unpaired) electrons. The fourth-order valence-corrected chi connectivity index (χ4v) is 2.06. The van der Waals surface area contributed by atoms with Crippen molar-refractivity contribution in [3.05, 3.63) is 35.7 Å². The van der Waals surface area contributed by atoms with Gasteiger partial charge in [-0.1, -0.05) is 12.1 Å². The molecule has 0 amide bonds. The monoisotopic (exact) mass is 261 g/mol. The lowest BCUT2D eigenvalue weighted by molar-refractivity contribution is 0.340. The predicted octanol–water partition coefficient (Wildman–Crippen LogP) is 0.960. The van der Waals surface area contributed by atoms with E-state index in [1.165, 1.54) is 0 Å². The maximum atomic E-state index is 5.45. The molecule has 19 heavy (non-hydrogen) atoms. The second kappa shape index (κ2) is 6.29. The number of hydrogen-bond donors (Lipinski definition) is 1. The Balaban J connectivity index is 2.26. The average Bonchev–Trinajstić information content (AvgIpc) is 2.84. The van der Waals surface area contributed by atoms with E-state index in [0.717, 1.165) is 23.7 Å². The van der Waals surface area contributed by atoms with Gasteiger partial charge in [-0.3, -0.25) is 0 Å². The number of tetrazole rings is 1. The van der Waals surface area contributed by atoms with Gasteiger partial charge < -0.3 is 10.1 Å². The Hall–Kier alpha value is -1.95. The lowest BCUT2D eigenvalue weighted by Gasteiger charge is -2.15. The van der Waals surface area contributed by atoms with Crippen molar-refractivity contribution in [3.8, 4) is 5.75 Å². The van der Waals surface area contributed by atoms with Crippen molar-refractivity contribution in [1.82, 2.24) is 25.5 Å². The molecule has 102 valence electrons. The highest BCUT2D eigenvalue weighted by molar-refractivity contribution is 5.32. The Morgan fingerprint density at radius 2 is 2.05 bits per heavy atom. The molecule has 1 aromatic carbocycles. The smallest absolute Gasteiger partial charge is 0.159 e. The summed E-state index contributed by atoms with van der Waals surface area (Å²) >= 11 is 0. The van der Waals surface area contributed by atoms with Gasteiger partial charge >= 0.3 is 0 Å². The molecule has 0 spiro atoms. The molecule has 0 aliphatic heterocycles. The zero-order valence-corrected chi connectivity index (χ0v) is 11.5.